The van der Waals surface area contributed by atoms with Crippen molar-refractivity contribution in [2.24, 2.45) is 34.5 Å². The molecule has 0 aromatic heterocycles. The lowest BCUT2D eigenvalue weighted by molar-refractivity contribution is -0.124. The first-order valence-corrected chi connectivity index (χ1v) is 11.4. The number of benzene rings is 1. The van der Waals surface area contributed by atoms with Crippen LogP contribution in [-0.4, -0.2) is 6.10 Å². The third-order valence-electron chi connectivity index (χ3n) is 9.42. The van der Waals surface area contributed by atoms with E-state index in [9.17, 15) is 0 Å². The fourth-order valence-electron chi connectivity index (χ4n) is 7.83. The summed E-state index contributed by atoms with van der Waals surface area (Å²) < 4.78 is 6.56. The van der Waals surface area contributed by atoms with Gasteiger partial charge in [-0.05, 0) is 91.4 Å². The van der Waals surface area contributed by atoms with Crippen LogP contribution in [0.4, 0.5) is 0 Å². The molecule has 1 aromatic carbocycles. The Morgan fingerprint density at radius 1 is 0.889 bits per heavy atom. The van der Waals surface area contributed by atoms with Gasteiger partial charge < -0.3 is 4.74 Å². The van der Waals surface area contributed by atoms with Crippen LogP contribution in [0.1, 0.15) is 70.8 Å². The van der Waals surface area contributed by atoms with Crippen LogP contribution in [0.5, 0.6) is 0 Å². The first-order chi connectivity index (χ1) is 13.1. The van der Waals surface area contributed by atoms with E-state index in [-0.39, 0.29) is 0 Å². The third kappa shape index (κ3) is 2.84. The van der Waals surface area contributed by atoms with E-state index in [2.05, 4.69) is 56.3 Å². The van der Waals surface area contributed by atoms with Gasteiger partial charge in [-0.2, -0.15) is 0 Å². The Labute approximate surface area is 165 Å². The Balaban J connectivity index is 1.33. The van der Waals surface area contributed by atoms with Crippen molar-refractivity contribution < 1.29 is 4.74 Å². The van der Waals surface area contributed by atoms with Gasteiger partial charge in [-0.15, -0.1) is 0 Å². The largest absolute Gasteiger partial charge is 0.373 e. The first-order valence-electron chi connectivity index (χ1n) is 11.4. The lowest BCUT2D eigenvalue weighted by Gasteiger charge is -2.59. The molecule has 4 aliphatic carbocycles. The molecule has 27 heavy (non-hydrogen) atoms. The van der Waals surface area contributed by atoms with E-state index in [1.165, 1.54) is 56.9 Å². The summed E-state index contributed by atoms with van der Waals surface area (Å²) in [6.07, 6.45) is 16.5. The van der Waals surface area contributed by atoms with Gasteiger partial charge in [0.15, 0.2) is 0 Å². The molecule has 1 heteroatoms. The molecule has 5 rings (SSSR count). The van der Waals surface area contributed by atoms with Crippen molar-refractivity contribution in [3.63, 3.8) is 0 Å². The molecule has 3 saturated carbocycles. The fourth-order valence-corrected chi connectivity index (χ4v) is 7.83. The van der Waals surface area contributed by atoms with Gasteiger partial charge in [0.1, 0.15) is 0 Å². The summed E-state index contributed by atoms with van der Waals surface area (Å²) in [4.78, 5) is 0. The quantitative estimate of drug-likeness (QED) is 0.537. The standard InChI is InChI=1S/C26H36O/c1-25-16-7-6-10-20(25)11-12-21-22-13-14-24(26(22,2)17-15-23(21)25)27-18-19-8-4-3-5-9-19/h3-9,20-24H,10-18H2,1-2H3/t20-,21+,22+,23+,24+,25+,26+/m1/s1. The molecule has 0 heterocycles. The van der Waals surface area contributed by atoms with Crippen molar-refractivity contribution in [1.82, 2.24) is 0 Å². The van der Waals surface area contributed by atoms with Crippen molar-refractivity contribution >= 4 is 0 Å². The monoisotopic (exact) mass is 364 g/mol. The Morgan fingerprint density at radius 3 is 2.56 bits per heavy atom. The van der Waals surface area contributed by atoms with Crippen LogP contribution in [0.3, 0.4) is 0 Å². The van der Waals surface area contributed by atoms with Gasteiger partial charge in [-0.1, -0.05) is 56.3 Å². The van der Waals surface area contributed by atoms with Crippen molar-refractivity contribution in [2.45, 2.75) is 77.9 Å². The van der Waals surface area contributed by atoms with Gasteiger partial charge in [0.25, 0.3) is 0 Å². The van der Waals surface area contributed by atoms with E-state index < -0.39 is 0 Å². The highest BCUT2D eigenvalue weighted by molar-refractivity contribution is 5.15. The molecular formula is C26H36O. The van der Waals surface area contributed by atoms with Gasteiger partial charge in [0.05, 0.1) is 12.7 Å². The summed E-state index contributed by atoms with van der Waals surface area (Å²) in [7, 11) is 0. The minimum atomic E-state index is 0.406. The predicted molar refractivity (Wildman–Crippen MR) is 111 cm³/mol. The van der Waals surface area contributed by atoms with Crippen LogP contribution < -0.4 is 0 Å². The maximum Gasteiger partial charge on any atom is 0.0720 e. The molecule has 1 aromatic rings. The van der Waals surface area contributed by atoms with E-state index in [1.807, 2.05) is 0 Å². The zero-order chi connectivity index (χ0) is 18.5. The average molecular weight is 365 g/mol. The summed E-state index contributed by atoms with van der Waals surface area (Å²) in [6, 6.07) is 10.7. The van der Waals surface area contributed by atoms with Gasteiger partial charge in [-0.3, -0.25) is 0 Å². The topological polar surface area (TPSA) is 9.23 Å². The molecule has 0 saturated heterocycles. The molecular weight excluding hydrogens is 328 g/mol. The molecule has 0 N–H and O–H groups in total. The Hall–Kier alpha value is -1.08. The molecule has 146 valence electrons. The van der Waals surface area contributed by atoms with Gasteiger partial charge in [0, 0.05) is 0 Å². The second kappa shape index (κ2) is 6.76. The highest BCUT2D eigenvalue weighted by atomic mass is 16.5. The second-order valence-electron chi connectivity index (χ2n) is 10.5. The Morgan fingerprint density at radius 2 is 1.70 bits per heavy atom. The van der Waals surface area contributed by atoms with Crippen molar-refractivity contribution in [1.29, 1.82) is 0 Å². The Kier molecular flexibility index (Phi) is 4.50. The first kappa shape index (κ1) is 18.0. The van der Waals surface area contributed by atoms with E-state index in [0.717, 1.165) is 30.3 Å². The number of ether oxygens (including phenoxy) is 1. The Bertz CT molecular complexity index is 693. The number of rotatable bonds is 3. The molecule has 3 fully saturated rings. The van der Waals surface area contributed by atoms with Crippen LogP contribution in [0.15, 0.2) is 42.5 Å². The van der Waals surface area contributed by atoms with Crippen LogP contribution >= 0.6 is 0 Å². The minimum Gasteiger partial charge on any atom is -0.373 e. The summed E-state index contributed by atoms with van der Waals surface area (Å²) in [5, 5.41) is 0. The smallest absolute Gasteiger partial charge is 0.0720 e. The SMILES string of the molecule is C[C@]12CC=CC[C@@H]1CC[C@@H]1[C@@H]2CC[C@]2(C)[C@@H](OCc3ccccc3)CC[C@@H]12. The maximum absolute atomic E-state index is 6.56. The molecule has 7 atom stereocenters. The molecule has 0 aliphatic heterocycles. The maximum atomic E-state index is 6.56. The van der Waals surface area contributed by atoms with Crippen LogP contribution in [-0.2, 0) is 11.3 Å². The van der Waals surface area contributed by atoms with Crippen molar-refractivity contribution in [3.8, 4) is 0 Å². The fraction of sp³-hybridized carbons (Fsp3) is 0.692. The van der Waals surface area contributed by atoms with Crippen molar-refractivity contribution in [2.75, 3.05) is 0 Å². The molecule has 0 spiro atoms. The van der Waals surface area contributed by atoms with E-state index in [1.54, 1.807) is 0 Å². The number of hydrogen-bond acceptors (Lipinski definition) is 1. The molecule has 0 radical (unpaired) electrons. The van der Waals surface area contributed by atoms with Crippen LogP contribution in [0.2, 0.25) is 0 Å². The number of hydrogen-bond donors (Lipinski definition) is 0. The molecule has 4 aliphatic rings. The lowest BCUT2D eigenvalue weighted by atomic mass is 9.46. The van der Waals surface area contributed by atoms with Gasteiger partial charge in [0.2, 0.25) is 0 Å². The van der Waals surface area contributed by atoms with Crippen LogP contribution in [0.25, 0.3) is 0 Å². The number of allylic oxidation sites excluding steroid dienone is 2. The van der Waals surface area contributed by atoms with Crippen LogP contribution in [0, 0.1) is 34.5 Å². The minimum absolute atomic E-state index is 0.406. The third-order valence-corrected chi connectivity index (χ3v) is 9.42. The summed E-state index contributed by atoms with van der Waals surface area (Å²) in [6.45, 7) is 6.00. The summed E-state index contributed by atoms with van der Waals surface area (Å²) in [5.74, 6) is 3.73. The molecule has 1 nitrogen and oxygen atoms in total. The number of fused-ring (bicyclic) bond motifs is 5. The molecule has 0 bridgehead atoms. The van der Waals surface area contributed by atoms with Gasteiger partial charge in [-0.25, -0.2) is 0 Å². The second-order valence-corrected chi connectivity index (χ2v) is 10.5. The van der Waals surface area contributed by atoms with E-state index in [4.69, 9.17) is 4.74 Å². The molecule has 0 amide bonds. The lowest BCUT2D eigenvalue weighted by Crippen LogP contribution is -2.53. The van der Waals surface area contributed by atoms with E-state index in [0.29, 0.717) is 16.9 Å². The van der Waals surface area contributed by atoms with Gasteiger partial charge >= 0.3 is 0 Å². The average Bonchev–Trinajstić information content (AvgIpc) is 3.03. The van der Waals surface area contributed by atoms with E-state index >= 15 is 0 Å². The molecule has 0 unspecified atom stereocenters. The summed E-state index contributed by atoms with van der Waals surface area (Å²) in [5.41, 5.74) is 2.30. The predicted octanol–water partition coefficient (Wildman–Crippen LogP) is 6.78. The highest BCUT2D eigenvalue weighted by Crippen LogP contribution is 2.66. The highest BCUT2D eigenvalue weighted by Gasteiger charge is 2.59. The zero-order valence-electron chi connectivity index (χ0n) is 17.2. The normalized spacial score (nSPS) is 45.8. The summed E-state index contributed by atoms with van der Waals surface area (Å²) >= 11 is 0. The zero-order valence-corrected chi connectivity index (χ0v) is 17.2. The van der Waals surface area contributed by atoms with Crippen molar-refractivity contribution in [3.05, 3.63) is 48.0 Å².